The van der Waals surface area contributed by atoms with Gasteiger partial charge in [-0.1, -0.05) is 91.0 Å². The van der Waals surface area contributed by atoms with Crippen LogP contribution in [0.25, 0.3) is 5.01 Å². The fourth-order valence-corrected chi connectivity index (χ4v) is 11.8. The molecule has 0 bridgehead atoms. The van der Waals surface area contributed by atoms with E-state index in [1.807, 2.05) is 71.9 Å². The second kappa shape index (κ2) is 46.1. The van der Waals surface area contributed by atoms with Crippen molar-refractivity contribution in [1.82, 2.24) is 56.4 Å². The van der Waals surface area contributed by atoms with Gasteiger partial charge in [-0.05, 0) is 87.9 Å². The molecule has 5 aliphatic rings. The molecule has 6 aromatic carbocycles. The Morgan fingerprint density at radius 1 is 0.560 bits per heavy atom. The number of hydrogen-bond acceptors (Lipinski definition) is 16. The Morgan fingerprint density at radius 3 is 1.43 bits per heavy atom. The van der Waals surface area contributed by atoms with E-state index >= 15 is 0 Å². The third-order valence-electron chi connectivity index (χ3n) is 17.4. The van der Waals surface area contributed by atoms with Crippen LogP contribution in [0.2, 0.25) is 0 Å². The maximum absolute atomic E-state index is 12.5. The molecule has 2 radical (unpaired) electrons. The molecule has 5 fully saturated rings. The number of benzene rings is 6. The molecule has 5 saturated heterocycles. The van der Waals surface area contributed by atoms with E-state index in [0.717, 1.165) is 65.5 Å². The minimum atomic E-state index is -0.259. The molecule has 0 aliphatic carbocycles. The number of nitrogens with zero attached hydrogens (tertiary/aromatic N) is 10. The monoisotopic (exact) mass is 1650 g/mol. The van der Waals surface area contributed by atoms with Crippen LogP contribution in [0.15, 0.2) is 120 Å². The molecule has 33 heteroatoms. The number of hydrogen-bond donors (Lipinski definition) is 6. The maximum Gasteiger partial charge on any atom is 0.340 e. The second-order valence-electron chi connectivity index (χ2n) is 25.1. The molecular formula is C76H92N16O15Y2-2. The molecule has 0 unspecified atom stereocenters. The van der Waals surface area contributed by atoms with Crippen LogP contribution in [-0.4, -0.2) is 238 Å². The molecule has 0 aromatic heterocycles. The summed E-state index contributed by atoms with van der Waals surface area (Å²) in [6.07, 6.45) is 5.40. The topological polar surface area (TPSA) is 377 Å². The Kier molecular flexibility index (Phi) is 37.7. The molecule has 0 saturated carbocycles. The van der Waals surface area contributed by atoms with Crippen LogP contribution < -0.4 is 46.1 Å². The van der Waals surface area contributed by atoms with Crippen molar-refractivity contribution >= 4 is 78.6 Å². The van der Waals surface area contributed by atoms with Gasteiger partial charge in [0.05, 0.1) is 25.3 Å². The Hall–Kier alpha value is -10.4. The maximum atomic E-state index is 12.5. The molecule has 6 aromatic rings. The van der Waals surface area contributed by atoms with Gasteiger partial charge in [0.15, 0.2) is 18.2 Å². The van der Waals surface area contributed by atoms with Gasteiger partial charge in [0.1, 0.15) is 49.7 Å². The van der Waals surface area contributed by atoms with Crippen molar-refractivity contribution in [1.29, 1.82) is 0 Å². The Balaban J connectivity index is 0.000000245. The number of carbonyl (C=O) groups is 7. The number of rotatable bonds is 26. The average molecular weight is 1650 g/mol. The van der Waals surface area contributed by atoms with Crippen molar-refractivity contribution in [3.63, 3.8) is 0 Å². The number of hydroxylamine groups is 1. The van der Waals surface area contributed by atoms with E-state index in [9.17, 15) is 59.6 Å². The zero-order valence-corrected chi connectivity index (χ0v) is 68.1. The smallest absolute Gasteiger partial charge is 0.340 e. The standard InChI is InChI=1S/C21H25N3O3.C16H23N3O3.C14H17N3O3.C13H15N4O3.C12H13N3O3.2Y/c1-15-13-16(2)20(27-12-11-23-10-9-22-21(23)25)17(3)19(15)14-24(26)18-7-5-4-6-8-18;1-11-9-12(2)15(13(3)14(11)10-18(4)21)22-8-7-19-6-5-17-16(19)20;18-13(2-1-8-17-9-7-15-14(17)19)12-5-3-11(4-6-12)10-16-20;1-16(20)11-4-2-10(3-5-11)12(18)14-6-8-17-9-7-15-13(17)19;16-12-13-5-6-15(12)7-8-18-11-4-2-1-3-10(11)9-14-17;;/h4-8,13-14H,9-12H2,1-3H3,(H,22,25);9-10H,5-8H2,1-4H3,(H,17,20);3-6,10,20H,1-2,7-9H2,(H,15,19);1-5H,6-9H2,(H,14,18)(H,15,19);1-4H,5-8H2,(H,13,16);;/q;;;-1;;;/p-1/b;;16-10+;;;;. The number of carbonyl (C=O) groups excluding carboxylic acids is 7. The number of para-hydroxylation sites is 2. The molecule has 31 nitrogen and oxygen atoms in total. The largest absolute Gasteiger partial charge is 0.792 e. The van der Waals surface area contributed by atoms with E-state index in [2.05, 4.69) is 48.1 Å². The third kappa shape index (κ3) is 28.0. The molecule has 11 amide bonds. The van der Waals surface area contributed by atoms with E-state index in [1.54, 1.807) is 97.6 Å². The number of ketones is 1. The van der Waals surface area contributed by atoms with E-state index < -0.39 is 0 Å². The van der Waals surface area contributed by atoms with E-state index in [-0.39, 0.29) is 118 Å². The zero-order valence-electron chi connectivity index (χ0n) is 62.4. The van der Waals surface area contributed by atoms with E-state index in [4.69, 9.17) is 20.9 Å². The van der Waals surface area contributed by atoms with Crippen molar-refractivity contribution in [2.45, 2.75) is 54.4 Å². The predicted octanol–water partition coefficient (Wildman–Crippen LogP) is 7.87. The van der Waals surface area contributed by atoms with Crippen LogP contribution in [-0.2, 0) is 65.4 Å². The number of urea groups is 5. The fourth-order valence-electron chi connectivity index (χ4n) is 11.8. The van der Waals surface area contributed by atoms with Gasteiger partial charge in [-0.2, -0.15) is 4.74 Å². The van der Waals surface area contributed by atoms with Crippen molar-refractivity contribution in [3.8, 4) is 23.3 Å². The van der Waals surface area contributed by atoms with Gasteiger partial charge in [-0.25, -0.2) is 28.7 Å². The van der Waals surface area contributed by atoms with Gasteiger partial charge in [0.2, 0.25) is 5.69 Å². The molecule has 11 rings (SSSR count). The summed E-state index contributed by atoms with van der Waals surface area (Å²) in [5, 5.41) is 76.6. The Morgan fingerprint density at radius 2 is 0.991 bits per heavy atom. The zero-order chi connectivity index (χ0) is 77.4. The molecule has 109 heavy (non-hydrogen) atoms. The quantitative estimate of drug-likeness (QED) is 0.00751. The SMILES string of the molecule is Cc1cc(C)c(OCCN2CCNC2=O)c(C)c1C=[N+](C)[O-].Cc1cc(C)c(OCCN2CCNC2=O)c(C)c1C=[N+]([O-])c1ccccc1.O=C(CCCN1CCNC1=O)c1ccc(/C=N/[O-])cc1.O=C1NCCN1CCOc1ccccc1C#[N+][O-].[CH-]=[N+]([O-])c1ccc(C(=O)NCCN2CCNC2=O)cc1.[Y].[Y]. The number of amides is 11. The summed E-state index contributed by atoms with van der Waals surface area (Å²) < 4.78 is 19.3. The number of nitrogens with one attached hydrogen (secondary N) is 6. The molecule has 574 valence electrons. The summed E-state index contributed by atoms with van der Waals surface area (Å²) in [6, 6.07) is 34.9. The summed E-state index contributed by atoms with van der Waals surface area (Å²) in [5.41, 5.74) is 10.8. The van der Waals surface area contributed by atoms with Crippen LogP contribution in [0.4, 0.5) is 35.3 Å². The van der Waals surface area contributed by atoms with Gasteiger partial charge >= 0.3 is 36.2 Å². The van der Waals surface area contributed by atoms with E-state index in [1.165, 1.54) is 37.5 Å². The van der Waals surface area contributed by atoms with Crippen molar-refractivity contribution in [2.24, 2.45) is 5.16 Å². The van der Waals surface area contributed by atoms with Gasteiger partial charge in [0, 0.05) is 220 Å². The minimum absolute atomic E-state index is 0. The number of ether oxygens (including phenoxy) is 3. The normalized spacial score (nSPS) is 14.2. The summed E-state index contributed by atoms with van der Waals surface area (Å²) in [6.45, 7) is 28.0. The average Bonchev–Trinajstić information content (AvgIpc) is 0.905. The van der Waals surface area contributed by atoms with Gasteiger partial charge < -0.3 is 107 Å². The molecule has 6 N–H and O–H groups in total. The van der Waals surface area contributed by atoms with Gasteiger partial charge in [-0.15, -0.1) is 0 Å². The first kappa shape index (κ1) is 89.2. The molecule has 5 aliphatic heterocycles. The molecular weight excluding hydrogens is 1550 g/mol. The first-order valence-electron chi connectivity index (χ1n) is 34.9. The van der Waals surface area contributed by atoms with Crippen LogP contribution in [0.1, 0.15) is 89.2 Å². The van der Waals surface area contributed by atoms with Gasteiger partial charge in [-0.3, -0.25) is 9.59 Å². The first-order valence-corrected chi connectivity index (χ1v) is 34.9. The van der Waals surface area contributed by atoms with Crippen LogP contribution >= 0.6 is 0 Å². The van der Waals surface area contributed by atoms with Crippen LogP contribution in [0, 0.1) is 73.6 Å². The summed E-state index contributed by atoms with van der Waals surface area (Å²) in [4.78, 5) is 89.2. The third-order valence-corrected chi connectivity index (χ3v) is 17.4. The fraction of sp³-hybridized carbons (Fsp3) is 0.368. The number of Topliss-reactive ketones (excluding diaryl/α,β-unsaturated/α-hetero) is 1. The number of aryl methyl sites for hydroxylation is 4. The van der Waals surface area contributed by atoms with Crippen molar-refractivity contribution in [2.75, 3.05) is 132 Å². The Labute approximate surface area is 684 Å². The van der Waals surface area contributed by atoms with Crippen molar-refractivity contribution < 1.29 is 127 Å². The van der Waals surface area contributed by atoms with E-state index in [0.29, 0.717) is 171 Å². The molecule has 0 spiro atoms. The summed E-state index contributed by atoms with van der Waals surface area (Å²) >= 11 is 0. The second-order valence-corrected chi connectivity index (χ2v) is 25.1. The molecule has 0 atom stereocenters. The minimum Gasteiger partial charge on any atom is -0.792 e. The molecule has 5 heterocycles. The van der Waals surface area contributed by atoms with Crippen LogP contribution in [0.5, 0.6) is 17.2 Å². The summed E-state index contributed by atoms with van der Waals surface area (Å²) in [5.74, 6) is 1.88. The first-order chi connectivity index (χ1) is 51.5. The van der Waals surface area contributed by atoms with Crippen LogP contribution in [0.3, 0.4) is 0 Å². The summed E-state index contributed by atoms with van der Waals surface area (Å²) in [7, 11) is 1.46. The van der Waals surface area contributed by atoms with Crippen molar-refractivity contribution in [3.05, 3.63) is 213 Å². The Bertz CT molecular complexity index is 4250. The van der Waals surface area contributed by atoms with Gasteiger partial charge in [0.25, 0.3) is 5.91 Å². The predicted molar refractivity (Wildman–Crippen MR) is 408 cm³/mol.